The van der Waals surface area contributed by atoms with Gasteiger partial charge >= 0.3 is 5.97 Å². The molecule has 82 valence electrons. The van der Waals surface area contributed by atoms with E-state index in [1.54, 1.807) is 6.92 Å². The summed E-state index contributed by atoms with van der Waals surface area (Å²) in [4.78, 5) is 21.3. The molecule has 0 aliphatic heterocycles. The molecule has 0 saturated heterocycles. The zero-order valence-corrected chi connectivity index (χ0v) is 8.76. The van der Waals surface area contributed by atoms with Crippen LogP contribution in [-0.2, 0) is 14.3 Å². The largest absolute Gasteiger partial charge is 0.466 e. The molecular weight excluding hydrogens is 184 g/mol. The summed E-state index contributed by atoms with van der Waals surface area (Å²) in [5, 5.41) is 5.66. The second kappa shape index (κ2) is 8.50. The molecule has 0 aromatic heterocycles. The third-order valence-corrected chi connectivity index (χ3v) is 1.49. The van der Waals surface area contributed by atoms with Gasteiger partial charge in [0.1, 0.15) is 0 Å². The lowest BCUT2D eigenvalue weighted by Crippen LogP contribution is -2.31. The molecule has 2 N–H and O–H groups in total. The van der Waals surface area contributed by atoms with Crippen molar-refractivity contribution in [1.29, 1.82) is 0 Å². The van der Waals surface area contributed by atoms with Crippen molar-refractivity contribution in [3.05, 3.63) is 0 Å². The maximum atomic E-state index is 10.9. The van der Waals surface area contributed by atoms with Crippen LogP contribution in [0.3, 0.4) is 0 Å². The third-order valence-electron chi connectivity index (χ3n) is 1.49. The summed E-state index contributed by atoms with van der Waals surface area (Å²) in [6.45, 7) is 5.50. The van der Waals surface area contributed by atoms with Crippen molar-refractivity contribution in [2.45, 2.75) is 20.3 Å². The van der Waals surface area contributed by atoms with E-state index in [0.717, 1.165) is 0 Å². The first-order chi connectivity index (χ1) is 6.66. The second-order valence-electron chi connectivity index (χ2n) is 2.79. The van der Waals surface area contributed by atoms with E-state index in [1.807, 2.05) is 0 Å². The van der Waals surface area contributed by atoms with E-state index in [4.69, 9.17) is 4.74 Å². The highest BCUT2D eigenvalue weighted by atomic mass is 16.5. The molecule has 0 aliphatic rings. The van der Waals surface area contributed by atoms with Crippen LogP contribution >= 0.6 is 0 Å². The van der Waals surface area contributed by atoms with Gasteiger partial charge in [-0.25, -0.2) is 0 Å². The van der Waals surface area contributed by atoms with Crippen LogP contribution in [0.4, 0.5) is 0 Å². The lowest BCUT2D eigenvalue weighted by Gasteiger charge is -2.04. The number of carbonyl (C=O) groups excluding carboxylic acids is 2. The summed E-state index contributed by atoms with van der Waals surface area (Å²) in [7, 11) is 0. The van der Waals surface area contributed by atoms with Crippen LogP contribution in [-0.4, -0.2) is 38.1 Å². The Balaban J connectivity index is 3.13. The molecule has 0 rings (SSSR count). The van der Waals surface area contributed by atoms with Gasteiger partial charge in [0, 0.05) is 26.6 Å². The van der Waals surface area contributed by atoms with Crippen molar-refractivity contribution in [2.24, 2.45) is 0 Å². The molecule has 0 bridgehead atoms. The van der Waals surface area contributed by atoms with Gasteiger partial charge in [-0.3, -0.25) is 9.59 Å². The standard InChI is InChI=1S/C9H18N2O3/c1-3-14-9(13)4-5-10-6-7-11-8(2)12/h10H,3-7H2,1-2H3,(H,11,12). The van der Waals surface area contributed by atoms with Crippen LogP contribution in [0.2, 0.25) is 0 Å². The van der Waals surface area contributed by atoms with E-state index in [-0.39, 0.29) is 11.9 Å². The number of nitrogens with one attached hydrogen (secondary N) is 2. The van der Waals surface area contributed by atoms with Crippen molar-refractivity contribution in [3.63, 3.8) is 0 Å². The van der Waals surface area contributed by atoms with Gasteiger partial charge in [0.2, 0.25) is 5.91 Å². The number of rotatable bonds is 7. The van der Waals surface area contributed by atoms with E-state index in [1.165, 1.54) is 6.92 Å². The number of hydrogen-bond donors (Lipinski definition) is 2. The van der Waals surface area contributed by atoms with E-state index in [0.29, 0.717) is 32.7 Å². The van der Waals surface area contributed by atoms with E-state index in [9.17, 15) is 9.59 Å². The number of carbonyl (C=O) groups is 2. The zero-order valence-electron chi connectivity index (χ0n) is 8.76. The van der Waals surface area contributed by atoms with Gasteiger partial charge in [-0.1, -0.05) is 0 Å². The Hall–Kier alpha value is -1.10. The lowest BCUT2D eigenvalue weighted by molar-refractivity contribution is -0.143. The fraction of sp³-hybridized carbons (Fsp3) is 0.778. The topological polar surface area (TPSA) is 67.4 Å². The zero-order chi connectivity index (χ0) is 10.8. The minimum absolute atomic E-state index is 0.0443. The van der Waals surface area contributed by atoms with Crippen LogP contribution in [0.1, 0.15) is 20.3 Å². The fourth-order valence-electron chi connectivity index (χ4n) is 0.876. The molecule has 0 unspecified atom stereocenters. The number of ether oxygens (including phenoxy) is 1. The summed E-state index contributed by atoms with van der Waals surface area (Å²) in [6, 6.07) is 0. The maximum Gasteiger partial charge on any atom is 0.307 e. The molecule has 0 heterocycles. The Kier molecular flexibility index (Phi) is 7.83. The van der Waals surface area contributed by atoms with E-state index < -0.39 is 0 Å². The maximum absolute atomic E-state index is 10.9. The average Bonchev–Trinajstić information content (AvgIpc) is 2.11. The number of hydrogen-bond acceptors (Lipinski definition) is 4. The minimum Gasteiger partial charge on any atom is -0.466 e. The smallest absolute Gasteiger partial charge is 0.307 e. The normalized spacial score (nSPS) is 9.57. The van der Waals surface area contributed by atoms with Gasteiger partial charge in [-0.2, -0.15) is 0 Å². The molecular formula is C9H18N2O3. The average molecular weight is 202 g/mol. The summed E-state index contributed by atoms with van der Waals surface area (Å²) in [6.07, 6.45) is 0.369. The van der Waals surface area contributed by atoms with E-state index >= 15 is 0 Å². The predicted octanol–water partition coefficient (Wildman–Crippen LogP) is -0.335. The summed E-state index contributed by atoms with van der Waals surface area (Å²) < 4.78 is 4.74. The van der Waals surface area contributed by atoms with Gasteiger partial charge in [-0.05, 0) is 6.92 Å². The highest BCUT2D eigenvalue weighted by molar-refractivity contribution is 5.72. The molecule has 0 aromatic carbocycles. The Morgan fingerprint density at radius 1 is 1.21 bits per heavy atom. The molecule has 5 heteroatoms. The monoisotopic (exact) mass is 202 g/mol. The van der Waals surface area contributed by atoms with Gasteiger partial charge in [0.15, 0.2) is 0 Å². The van der Waals surface area contributed by atoms with Crippen LogP contribution in [0.5, 0.6) is 0 Å². The molecule has 0 spiro atoms. The van der Waals surface area contributed by atoms with Gasteiger partial charge < -0.3 is 15.4 Å². The molecule has 0 saturated carbocycles. The van der Waals surface area contributed by atoms with Gasteiger partial charge in [0.25, 0.3) is 0 Å². The fourth-order valence-corrected chi connectivity index (χ4v) is 0.876. The minimum atomic E-state index is -0.195. The summed E-state index contributed by atoms with van der Waals surface area (Å²) in [5.74, 6) is -0.239. The summed E-state index contributed by atoms with van der Waals surface area (Å²) in [5.41, 5.74) is 0. The molecule has 5 nitrogen and oxygen atoms in total. The third kappa shape index (κ3) is 8.99. The molecule has 0 atom stereocenters. The van der Waals surface area contributed by atoms with Gasteiger partial charge in [-0.15, -0.1) is 0 Å². The van der Waals surface area contributed by atoms with Crippen molar-refractivity contribution in [2.75, 3.05) is 26.2 Å². The molecule has 0 radical (unpaired) electrons. The summed E-state index contributed by atoms with van der Waals surface area (Å²) >= 11 is 0. The SMILES string of the molecule is CCOC(=O)CCNCCNC(C)=O. The Morgan fingerprint density at radius 2 is 1.93 bits per heavy atom. The molecule has 0 aromatic rings. The molecule has 0 fully saturated rings. The van der Waals surface area contributed by atoms with Gasteiger partial charge in [0.05, 0.1) is 13.0 Å². The lowest BCUT2D eigenvalue weighted by atomic mass is 10.4. The van der Waals surface area contributed by atoms with Crippen LogP contribution in [0.15, 0.2) is 0 Å². The first-order valence-corrected chi connectivity index (χ1v) is 4.77. The predicted molar refractivity (Wildman–Crippen MR) is 52.8 cm³/mol. The van der Waals surface area contributed by atoms with Crippen LogP contribution in [0, 0.1) is 0 Å². The number of amides is 1. The Labute approximate surface area is 84.2 Å². The van der Waals surface area contributed by atoms with Crippen molar-refractivity contribution in [3.8, 4) is 0 Å². The molecule has 14 heavy (non-hydrogen) atoms. The quantitative estimate of drug-likeness (QED) is 0.438. The molecule has 1 amide bonds. The van der Waals surface area contributed by atoms with E-state index in [2.05, 4.69) is 10.6 Å². The van der Waals surface area contributed by atoms with Crippen LogP contribution in [0.25, 0.3) is 0 Å². The van der Waals surface area contributed by atoms with Crippen molar-refractivity contribution >= 4 is 11.9 Å². The highest BCUT2D eigenvalue weighted by Crippen LogP contribution is 1.83. The van der Waals surface area contributed by atoms with Crippen LogP contribution < -0.4 is 10.6 Å². The Bertz CT molecular complexity index is 183. The van der Waals surface area contributed by atoms with Crippen molar-refractivity contribution in [1.82, 2.24) is 10.6 Å². The highest BCUT2D eigenvalue weighted by Gasteiger charge is 1.99. The first kappa shape index (κ1) is 12.9. The first-order valence-electron chi connectivity index (χ1n) is 4.77. The second-order valence-corrected chi connectivity index (χ2v) is 2.79. The number of esters is 1. The molecule has 0 aliphatic carbocycles. The van der Waals surface area contributed by atoms with Crippen molar-refractivity contribution < 1.29 is 14.3 Å². The Morgan fingerprint density at radius 3 is 2.50 bits per heavy atom.